The Morgan fingerprint density at radius 1 is 0.279 bits per heavy atom. The van der Waals surface area contributed by atoms with Crippen molar-refractivity contribution in [3.05, 3.63) is 212 Å². The number of furan rings is 1. The van der Waals surface area contributed by atoms with E-state index >= 15 is 0 Å². The molecular weight excluding hydrogens is 847 g/mol. The molecule has 0 aliphatic rings. The van der Waals surface area contributed by atoms with Crippen molar-refractivity contribution >= 4 is 118 Å². The fourth-order valence-corrected chi connectivity index (χ4v) is 12.0. The molecule has 15 aromatic rings. The van der Waals surface area contributed by atoms with Crippen LogP contribution in [0, 0.1) is 0 Å². The molecular formula is C63H35N3OS. The lowest BCUT2D eigenvalue weighted by molar-refractivity contribution is 0.669. The molecule has 0 saturated carbocycles. The molecule has 0 fully saturated rings. The number of benzene rings is 12. The summed E-state index contributed by atoms with van der Waals surface area (Å²) >= 11 is 1.80. The Morgan fingerprint density at radius 2 is 0.882 bits per heavy atom. The summed E-state index contributed by atoms with van der Waals surface area (Å²) in [6.07, 6.45) is 0. The normalized spacial score (nSPS) is 12.1. The first-order chi connectivity index (χ1) is 33.7. The maximum atomic E-state index is 6.87. The van der Waals surface area contributed by atoms with Gasteiger partial charge in [0, 0.05) is 47.6 Å². The Balaban J connectivity index is 1.08. The molecule has 0 amide bonds. The Labute approximate surface area is 393 Å². The zero-order valence-corrected chi connectivity index (χ0v) is 37.2. The lowest BCUT2D eigenvalue weighted by Gasteiger charge is -2.17. The van der Waals surface area contributed by atoms with E-state index in [-0.39, 0.29) is 0 Å². The molecule has 4 nitrogen and oxygen atoms in total. The van der Waals surface area contributed by atoms with Gasteiger partial charge < -0.3 is 4.42 Å². The Morgan fingerprint density at radius 3 is 1.69 bits per heavy atom. The van der Waals surface area contributed by atoms with Crippen LogP contribution in [0.2, 0.25) is 0 Å². The van der Waals surface area contributed by atoms with Gasteiger partial charge in [-0.1, -0.05) is 164 Å². The fourth-order valence-electron chi connectivity index (χ4n) is 10.9. The number of thiophene rings is 1. The van der Waals surface area contributed by atoms with Gasteiger partial charge in [0.25, 0.3) is 0 Å². The van der Waals surface area contributed by atoms with Gasteiger partial charge in [-0.25, -0.2) is 15.0 Å². The lowest BCUT2D eigenvalue weighted by atomic mass is 9.87. The smallest absolute Gasteiger partial charge is 0.164 e. The number of hydrogen-bond acceptors (Lipinski definition) is 5. The predicted molar refractivity (Wildman–Crippen MR) is 287 cm³/mol. The Hall–Kier alpha value is -8.77. The summed E-state index contributed by atoms with van der Waals surface area (Å²) in [6.45, 7) is 0. The molecule has 0 atom stereocenters. The zero-order valence-electron chi connectivity index (χ0n) is 36.4. The van der Waals surface area contributed by atoms with Gasteiger partial charge in [-0.15, -0.1) is 11.3 Å². The van der Waals surface area contributed by atoms with Crippen molar-refractivity contribution in [3.8, 4) is 45.3 Å². The third-order valence-corrected chi connectivity index (χ3v) is 15.2. The van der Waals surface area contributed by atoms with Gasteiger partial charge in [-0.2, -0.15) is 0 Å². The summed E-state index contributed by atoms with van der Waals surface area (Å²) < 4.78 is 9.32. The lowest BCUT2D eigenvalue weighted by Crippen LogP contribution is -2.02. The van der Waals surface area contributed by atoms with Gasteiger partial charge in [-0.3, -0.25) is 0 Å². The van der Waals surface area contributed by atoms with Crippen LogP contribution in [0.3, 0.4) is 0 Å². The largest absolute Gasteiger partial charge is 0.456 e. The monoisotopic (exact) mass is 881 g/mol. The third kappa shape index (κ3) is 5.63. The highest BCUT2D eigenvalue weighted by Gasteiger charge is 2.23. The topological polar surface area (TPSA) is 51.8 Å². The van der Waals surface area contributed by atoms with Crippen molar-refractivity contribution < 1.29 is 4.42 Å². The highest BCUT2D eigenvalue weighted by atomic mass is 32.1. The highest BCUT2D eigenvalue weighted by Crippen LogP contribution is 2.47. The van der Waals surface area contributed by atoms with Crippen LogP contribution in [0.4, 0.5) is 0 Å². The van der Waals surface area contributed by atoms with Crippen LogP contribution in [0.5, 0.6) is 0 Å². The first-order valence-corrected chi connectivity index (χ1v) is 23.8. The van der Waals surface area contributed by atoms with E-state index < -0.39 is 0 Å². The minimum atomic E-state index is 0.573. The maximum Gasteiger partial charge on any atom is 0.164 e. The fraction of sp³-hybridized carbons (Fsp3) is 0. The second kappa shape index (κ2) is 14.4. The van der Waals surface area contributed by atoms with E-state index in [9.17, 15) is 0 Å². The number of nitrogens with zero attached hydrogens (tertiary/aromatic N) is 3. The van der Waals surface area contributed by atoms with Gasteiger partial charge in [0.15, 0.2) is 17.5 Å². The average Bonchev–Trinajstić information content (AvgIpc) is 3.97. The summed E-state index contributed by atoms with van der Waals surface area (Å²) in [7, 11) is 0. The first-order valence-electron chi connectivity index (χ1n) is 23.0. The number of fused-ring (bicyclic) bond motifs is 15. The molecule has 68 heavy (non-hydrogen) atoms. The number of rotatable bonds is 4. The van der Waals surface area contributed by atoms with Crippen LogP contribution in [-0.4, -0.2) is 15.0 Å². The van der Waals surface area contributed by atoms with Crippen molar-refractivity contribution in [2.24, 2.45) is 0 Å². The molecule has 0 saturated heterocycles. The summed E-state index contributed by atoms with van der Waals surface area (Å²) in [6, 6.07) is 76.5. The molecule has 0 N–H and O–H groups in total. The molecule has 0 unspecified atom stereocenters. The summed E-state index contributed by atoms with van der Waals surface area (Å²) in [5.41, 5.74) is 6.47. The van der Waals surface area contributed by atoms with Crippen LogP contribution >= 0.6 is 11.3 Å². The first kappa shape index (κ1) is 37.5. The highest BCUT2D eigenvalue weighted by molar-refractivity contribution is 7.25. The van der Waals surface area contributed by atoms with Crippen LogP contribution in [0.15, 0.2) is 217 Å². The predicted octanol–water partition coefficient (Wildman–Crippen LogP) is 17.7. The molecule has 5 heteroatoms. The Bertz CT molecular complexity index is 4640. The van der Waals surface area contributed by atoms with Gasteiger partial charge in [0.1, 0.15) is 11.2 Å². The van der Waals surface area contributed by atoms with E-state index in [0.29, 0.717) is 17.5 Å². The molecule has 314 valence electrons. The average molecular weight is 882 g/mol. The molecule has 3 aromatic heterocycles. The van der Waals surface area contributed by atoms with Crippen LogP contribution in [0.25, 0.3) is 152 Å². The van der Waals surface area contributed by atoms with Crippen LogP contribution in [-0.2, 0) is 0 Å². The minimum absolute atomic E-state index is 0.573. The molecule has 12 aromatic carbocycles. The van der Waals surface area contributed by atoms with Crippen molar-refractivity contribution in [1.82, 2.24) is 15.0 Å². The van der Waals surface area contributed by atoms with Gasteiger partial charge in [-0.05, 0) is 124 Å². The summed E-state index contributed by atoms with van der Waals surface area (Å²) in [5, 5.41) is 18.7. The third-order valence-electron chi connectivity index (χ3n) is 14.0. The molecule has 15 rings (SSSR count). The SMILES string of the molecule is c1ccc2cc3c(cc(-c4cc5c(cc4-c4nc(-c6ccc7c(c6)sc6ccccc67)nc(-c6cccc7ccccc67)n4)oc4ccc6ccccc6c45)c4ccc5ccccc5c43)cc2c1. The van der Waals surface area contributed by atoms with E-state index in [1.165, 1.54) is 63.3 Å². The summed E-state index contributed by atoms with van der Waals surface area (Å²) in [4.78, 5) is 16.4. The zero-order chi connectivity index (χ0) is 44.5. The van der Waals surface area contributed by atoms with Crippen LogP contribution in [0.1, 0.15) is 0 Å². The van der Waals surface area contributed by atoms with Gasteiger partial charge in [0.05, 0.1) is 0 Å². The number of aromatic nitrogens is 3. The molecule has 0 spiro atoms. The standard InChI is InChI=1S/C63H35N3OS/c1-2-16-40-31-50-42(30-39(40)15-1)32-51(48-28-24-37-13-4-7-19-44(37)59(48)50)52-34-54-56(67-55-29-26-38-14-5-8-20-45(38)60(54)55)35-53(52)63-65-61(41-25-27-47-46-21-9-10-23-57(46)68-58(47)33-41)64-62(66-63)49-22-11-17-36-12-3-6-18-43(36)49/h1-35H. The second-order valence-corrected chi connectivity index (χ2v) is 18.9. The van der Waals surface area contributed by atoms with Crippen molar-refractivity contribution in [2.45, 2.75) is 0 Å². The molecule has 0 aliphatic heterocycles. The number of hydrogen-bond donors (Lipinski definition) is 0. The summed E-state index contributed by atoms with van der Waals surface area (Å²) in [5.74, 6) is 1.80. The van der Waals surface area contributed by atoms with Crippen LogP contribution < -0.4 is 0 Å². The molecule has 3 heterocycles. The van der Waals surface area contributed by atoms with E-state index in [1.807, 2.05) is 0 Å². The quantitative estimate of drug-likeness (QED) is 0.131. The van der Waals surface area contributed by atoms with Crippen molar-refractivity contribution in [3.63, 3.8) is 0 Å². The second-order valence-electron chi connectivity index (χ2n) is 17.9. The van der Waals surface area contributed by atoms with E-state index in [1.54, 1.807) is 11.3 Å². The minimum Gasteiger partial charge on any atom is -0.456 e. The van der Waals surface area contributed by atoms with E-state index in [0.717, 1.165) is 71.3 Å². The Kier molecular flexibility index (Phi) is 7.91. The molecule has 0 aliphatic carbocycles. The van der Waals surface area contributed by atoms with Gasteiger partial charge in [0.2, 0.25) is 0 Å². The maximum absolute atomic E-state index is 6.87. The van der Waals surface area contributed by atoms with Crippen molar-refractivity contribution in [1.29, 1.82) is 0 Å². The van der Waals surface area contributed by atoms with Crippen molar-refractivity contribution in [2.75, 3.05) is 0 Å². The molecule has 0 bridgehead atoms. The molecule has 0 radical (unpaired) electrons. The van der Waals surface area contributed by atoms with E-state index in [4.69, 9.17) is 19.4 Å². The van der Waals surface area contributed by atoms with E-state index in [2.05, 4.69) is 212 Å². The van der Waals surface area contributed by atoms with Gasteiger partial charge >= 0.3 is 0 Å².